The number of aromatic nitrogens is 3. The first kappa shape index (κ1) is 15.5. The Balaban J connectivity index is 0.00000162. The summed E-state index contributed by atoms with van der Waals surface area (Å²) in [7, 11) is 0. The van der Waals surface area contributed by atoms with Crippen molar-refractivity contribution in [2.75, 3.05) is 11.6 Å². The maximum absolute atomic E-state index is 10.3. The molecule has 0 aromatic carbocycles. The van der Waals surface area contributed by atoms with Crippen LogP contribution >= 0.6 is 23.1 Å². The van der Waals surface area contributed by atoms with Crippen molar-refractivity contribution in [3.63, 3.8) is 0 Å². The van der Waals surface area contributed by atoms with Gasteiger partial charge in [-0.15, -0.1) is 21.5 Å². The van der Waals surface area contributed by atoms with E-state index in [-0.39, 0.29) is 35.3 Å². The van der Waals surface area contributed by atoms with Gasteiger partial charge in [0.1, 0.15) is 0 Å². The number of carbonyl (C=O) groups excluding carboxylic acids is 1. The summed E-state index contributed by atoms with van der Waals surface area (Å²) in [6, 6.07) is 3.93. The first-order valence-electron chi connectivity index (χ1n) is 4.71. The molecular weight excluding hydrogens is 283 g/mol. The number of hydrogen-bond acceptors (Lipinski definition) is 7. The van der Waals surface area contributed by atoms with E-state index < -0.39 is 5.97 Å². The van der Waals surface area contributed by atoms with Gasteiger partial charge in [0.05, 0.1) is 5.97 Å². The van der Waals surface area contributed by atoms with Crippen molar-refractivity contribution in [1.29, 1.82) is 0 Å². The predicted molar refractivity (Wildman–Crippen MR) is 63.0 cm³/mol. The van der Waals surface area contributed by atoms with Crippen molar-refractivity contribution in [3.05, 3.63) is 28.2 Å². The van der Waals surface area contributed by atoms with Crippen LogP contribution in [0.3, 0.4) is 0 Å². The summed E-state index contributed by atoms with van der Waals surface area (Å²) >= 11 is 2.60. The molecule has 18 heavy (non-hydrogen) atoms. The molecule has 6 nitrogen and oxygen atoms in total. The largest absolute Gasteiger partial charge is 1.00 e. The summed E-state index contributed by atoms with van der Waals surface area (Å²) in [4.78, 5) is 11.4. The number of thioether (sulfide) groups is 1. The molecule has 2 rings (SSSR count). The molecule has 2 heterocycles. The summed E-state index contributed by atoms with van der Waals surface area (Å²) in [6.07, 6.45) is 0.590. The third-order valence-electron chi connectivity index (χ3n) is 1.97. The van der Waals surface area contributed by atoms with E-state index in [1.165, 1.54) is 4.68 Å². The standard InChI is InChI=1S/C9H10N4O2S2.Na/c10-13-7(4-6-2-1-3-16-6)11-12-9(13)17-5-8(14)15;/h1-3H,4-5,10H2,(H,14,15);/q;+1/p-1. The van der Waals surface area contributed by atoms with Crippen molar-refractivity contribution in [3.8, 4) is 0 Å². The maximum atomic E-state index is 10.3. The maximum Gasteiger partial charge on any atom is 1.00 e. The Labute approximate surface area is 134 Å². The van der Waals surface area contributed by atoms with Crippen LogP contribution in [0.1, 0.15) is 10.7 Å². The zero-order chi connectivity index (χ0) is 12.3. The van der Waals surface area contributed by atoms with Crippen LogP contribution in [0.15, 0.2) is 22.7 Å². The molecule has 0 spiro atoms. The van der Waals surface area contributed by atoms with Crippen molar-refractivity contribution in [1.82, 2.24) is 14.9 Å². The topological polar surface area (TPSA) is 96.9 Å². The number of nitrogens with two attached hydrogens (primary N) is 1. The van der Waals surface area contributed by atoms with Crippen LogP contribution in [0.2, 0.25) is 0 Å². The second-order valence-electron chi connectivity index (χ2n) is 3.19. The Hall–Kier alpha value is -0.540. The molecule has 0 saturated carbocycles. The molecule has 9 heteroatoms. The average molecular weight is 292 g/mol. The first-order valence-corrected chi connectivity index (χ1v) is 6.57. The Morgan fingerprint density at radius 1 is 1.56 bits per heavy atom. The molecule has 2 N–H and O–H groups in total. The Bertz CT molecular complexity index is 515. The summed E-state index contributed by atoms with van der Waals surface area (Å²) < 4.78 is 1.31. The molecule has 0 aliphatic rings. The van der Waals surface area contributed by atoms with E-state index in [0.717, 1.165) is 16.6 Å². The van der Waals surface area contributed by atoms with E-state index in [1.807, 2.05) is 17.5 Å². The van der Waals surface area contributed by atoms with Gasteiger partial charge in [0.25, 0.3) is 0 Å². The van der Waals surface area contributed by atoms with Gasteiger partial charge in [-0.25, -0.2) is 4.68 Å². The zero-order valence-corrected chi connectivity index (χ0v) is 13.3. The number of nitrogens with zero attached hydrogens (tertiary/aromatic N) is 3. The second-order valence-corrected chi connectivity index (χ2v) is 5.16. The minimum Gasteiger partial charge on any atom is -0.549 e. The zero-order valence-electron chi connectivity index (χ0n) is 9.70. The smallest absolute Gasteiger partial charge is 0.549 e. The van der Waals surface area contributed by atoms with Gasteiger partial charge in [0.15, 0.2) is 5.82 Å². The van der Waals surface area contributed by atoms with Crippen LogP contribution in [0.4, 0.5) is 0 Å². The average Bonchev–Trinajstić information content (AvgIpc) is 2.89. The summed E-state index contributed by atoms with van der Waals surface area (Å²) in [5.74, 6) is 5.03. The van der Waals surface area contributed by atoms with Crippen LogP contribution < -0.4 is 40.5 Å². The molecule has 0 radical (unpaired) electrons. The number of rotatable bonds is 5. The van der Waals surface area contributed by atoms with E-state index in [1.54, 1.807) is 11.3 Å². The van der Waals surface area contributed by atoms with Crippen LogP contribution in [-0.2, 0) is 11.2 Å². The van der Waals surface area contributed by atoms with Crippen LogP contribution in [-0.4, -0.2) is 26.6 Å². The molecule has 0 aliphatic carbocycles. The summed E-state index contributed by atoms with van der Waals surface area (Å²) in [5, 5.41) is 20.4. The van der Waals surface area contributed by atoms with Crippen LogP contribution in [0.5, 0.6) is 0 Å². The quantitative estimate of drug-likeness (QED) is 0.349. The Morgan fingerprint density at radius 2 is 2.33 bits per heavy atom. The molecule has 90 valence electrons. The van der Waals surface area contributed by atoms with Crippen molar-refractivity contribution < 1.29 is 39.5 Å². The van der Waals surface area contributed by atoms with Gasteiger partial charge in [0.2, 0.25) is 5.16 Å². The third-order valence-corrected chi connectivity index (χ3v) is 3.76. The van der Waals surface area contributed by atoms with Gasteiger partial charge in [-0.05, 0) is 11.4 Å². The minimum atomic E-state index is -1.15. The van der Waals surface area contributed by atoms with Gasteiger partial charge in [-0.2, -0.15) is 0 Å². The number of aliphatic carboxylic acids is 1. The summed E-state index contributed by atoms with van der Waals surface area (Å²) in [5.41, 5.74) is 0. The van der Waals surface area contributed by atoms with Crippen LogP contribution in [0.25, 0.3) is 0 Å². The number of carboxylic acids is 1. The van der Waals surface area contributed by atoms with Crippen molar-refractivity contribution in [2.45, 2.75) is 11.6 Å². The molecule has 2 aromatic rings. The fourth-order valence-corrected chi connectivity index (χ4v) is 2.51. The Kier molecular flexibility index (Phi) is 6.16. The predicted octanol–water partition coefficient (Wildman–Crippen LogP) is -3.51. The van der Waals surface area contributed by atoms with Crippen LogP contribution in [0, 0.1) is 0 Å². The van der Waals surface area contributed by atoms with Crippen molar-refractivity contribution in [2.24, 2.45) is 0 Å². The normalized spacial score (nSPS) is 10.0. The van der Waals surface area contributed by atoms with Gasteiger partial charge < -0.3 is 15.7 Å². The molecule has 0 fully saturated rings. The minimum absolute atomic E-state index is 0. The van der Waals surface area contributed by atoms with E-state index in [9.17, 15) is 9.90 Å². The van der Waals surface area contributed by atoms with E-state index in [2.05, 4.69) is 10.2 Å². The molecule has 0 atom stereocenters. The monoisotopic (exact) mass is 292 g/mol. The number of carbonyl (C=O) groups is 1. The number of hydrogen-bond donors (Lipinski definition) is 1. The van der Waals surface area contributed by atoms with Gasteiger partial charge in [0, 0.05) is 17.1 Å². The van der Waals surface area contributed by atoms with Gasteiger partial charge in [-0.3, -0.25) is 0 Å². The second kappa shape index (κ2) is 7.15. The Morgan fingerprint density at radius 3 is 2.94 bits per heavy atom. The fraction of sp³-hybridized carbons (Fsp3) is 0.222. The first-order chi connectivity index (χ1) is 8.16. The van der Waals surface area contributed by atoms with E-state index in [0.29, 0.717) is 17.4 Å². The molecule has 0 bridgehead atoms. The molecule has 2 aromatic heterocycles. The van der Waals surface area contributed by atoms with E-state index in [4.69, 9.17) is 5.84 Å². The summed E-state index contributed by atoms with van der Waals surface area (Å²) in [6.45, 7) is 0. The van der Waals surface area contributed by atoms with Gasteiger partial charge >= 0.3 is 29.6 Å². The molecule has 0 unspecified atom stereocenters. The van der Waals surface area contributed by atoms with E-state index >= 15 is 0 Å². The number of carboxylic acid groups (broad SMARTS) is 1. The van der Waals surface area contributed by atoms with Gasteiger partial charge in [-0.1, -0.05) is 17.8 Å². The SMILES string of the molecule is Nn1c(Cc2cccs2)nnc1SCC(=O)[O-].[Na+]. The number of nitrogen functional groups attached to an aromatic ring is 1. The van der Waals surface area contributed by atoms with Crippen molar-refractivity contribution >= 4 is 29.1 Å². The third kappa shape index (κ3) is 3.99. The molecular formula is C9H9N4NaO2S2. The molecule has 0 saturated heterocycles. The molecule has 0 amide bonds. The fourth-order valence-electron chi connectivity index (χ4n) is 1.22. The number of thiophene rings is 1. The molecule has 0 aliphatic heterocycles.